The van der Waals surface area contributed by atoms with Crippen molar-refractivity contribution in [2.45, 2.75) is 12.7 Å². The summed E-state index contributed by atoms with van der Waals surface area (Å²) in [4.78, 5) is 3.58. The quantitative estimate of drug-likeness (QED) is 0.473. The van der Waals surface area contributed by atoms with E-state index in [0.717, 1.165) is 12.1 Å². The standard InChI is InChI=1S/C10H7F4NOS/c11-8-3-7(4-15-6-17)1-2-9(8)16-5-10(12,13)14/h1-3H,4-5H2. The summed E-state index contributed by atoms with van der Waals surface area (Å²) in [6.45, 7) is -1.40. The number of isothiocyanates is 1. The van der Waals surface area contributed by atoms with Crippen LogP contribution in [0.3, 0.4) is 0 Å². The van der Waals surface area contributed by atoms with E-state index in [1.54, 1.807) is 0 Å². The Morgan fingerprint density at radius 2 is 2.06 bits per heavy atom. The summed E-state index contributed by atoms with van der Waals surface area (Å²) < 4.78 is 53.1. The van der Waals surface area contributed by atoms with Crippen LogP contribution in [0.25, 0.3) is 0 Å². The lowest BCUT2D eigenvalue weighted by Gasteiger charge is -2.10. The molecule has 0 fully saturated rings. The Morgan fingerprint density at radius 1 is 1.35 bits per heavy atom. The molecular weight excluding hydrogens is 258 g/mol. The Kier molecular flexibility index (Phi) is 4.60. The third-order valence-electron chi connectivity index (χ3n) is 1.71. The van der Waals surface area contributed by atoms with Gasteiger partial charge in [-0.3, -0.25) is 0 Å². The van der Waals surface area contributed by atoms with Gasteiger partial charge in [-0.1, -0.05) is 6.07 Å². The van der Waals surface area contributed by atoms with E-state index in [-0.39, 0.29) is 6.54 Å². The molecule has 0 amide bonds. The zero-order valence-corrected chi connectivity index (χ0v) is 9.24. The summed E-state index contributed by atoms with van der Waals surface area (Å²) >= 11 is 4.33. The first kappa shape index (κ1) is 13.6. The van der Waals surface area contributed by atoms with Crippen LogP contribution in [-0.4, -0.2) is 17.9 Å². The molecule has 0 atom stereocenters. The largest absolute Gasteiger partial charge is 0.481 e. The van der Waals surface area contributed by atoms with Gasteiger partial charge in [-0.05, 0) is 29.9 Å². The highest BCUT2D eigenvalue weighted by Crippen LogP contribution is 2.22. The number of hydrogen-bond donors (Lipinski definition) is 0. The molecule has 7 heteroatoms. The monoisotopic (exact) mass is 265 g/mol. The lowest BCUT2D eigenvalue weighted by atomic mass is 10.2. The zero-order valence-electron chi connectivity index (χ0n) is 8.42. The molecule has 0 N–H and O–H groups in total. The van der Waals surface area contributed by atoms with Gasteiger partial charge >= 0.3 is 6.18 Å². The maximum Gasteiger partial charge on any atom is 0.422 e. The molecule has 0 bridgehead atoms. The van der Waals surface area contributed by atoms with Crippen LogP contribution in [0.2, 0.25) is 0 Å². The van der Waals surface area contributed by atoms with Gasteiger partial charge in [-0.25, -0.2) is 9.38 Å². The van der Waals surface area contributed by atoms with E-state index >= 15 is 0 Å². The van der Waals surface area contributed by atoms with Crippen LogP contribution >= 0.6 is 12.2 Å². The first-order valence-electron chi connectivity index (χ1n) is 4.44. The van der Waals surface area contributed by atoms with Gasteiger partial charge in [-0.15, -0.1) is 0 Å². The number of halogens is 4. The van der Waals surface area contributed by atoms with Crippen LogP contribution in [0.5, 0.6) is 5.75 Å². The number of alkyl halides is 3. The number of thiocarbonyl (C=S) groups is 1. The van der Waals surface area contributed by atoms with E-state index in [1.807, 2.05) is 0 Å². The van der Waals surface area contributed by atoms with Crippen LogP contribution in [0.15, 0.2) is 23.2 Å². The molecular formula is C10H7F4NOS. The molecule has 0 saturated carbocycles. The molecule has 0 aliphatic heterocycles. The molecule has 2 nitrogen and oxygen atoms in total. The molecule has 0 spiro atoms. The van der Waals surface area contributed by atoms with Crippen molar-refractivity contribution in [2.24, 2.45) is 4.99 Å². The average molecular weight is 265 g/mol. The third kappa shape index (κ3) is 4.93. The van der Waals surface area contributed by atoms with Gasteiger partial charge in [0.25, 0.3) is 0 Å². The molecule has 0 radical (unpaired) electrons. The number of ether oxygens (including phenoxy) is 1. The number of nitrogens with zero attached hydrogens (tertiary/aromatic N) is 1. The second-order valence-electron chi connectivity index (χ2n) is 3.08. The highest BCUT2D eigenvalue weighted by molar-refractivity contribution is 7.78. The topological polar surface area (TPSA) is 21.6 Å². The van der Waals surface area contributed by atoms with Crippen LogP contribution < -0.4 is 4.74 Å². The molecule has 1 aromatic rings. The minimum Gasteiger partial charge on any atom is -0.481 e. The lowest BCUT2D eigenvalue weighted by Crippen LogP contribution is -2.19. The normalized spacial score (nSPS) is 10.8. The van der Waals surface area contributed by atoms with Crippen molar-refractivity contribution < 1.29 is 22.3 Å². The highest BCUT2D eigenvalue weighted by Gasteiger charge is 2.28. The van der Waals surface area contributed by atoms with Crippen LogP contribution in [0.4, 0.5) is 17.6 Å². The number of hydrogen-bond acceptors (Lipinski definition) is 3. The molecule has 92 valence electrons. The van der Waals surface area contributed by atoms with Crippen molar-refractivity contribution in [3.05, 3.63) is 29.6 Å². The fraction of sp³-hybridized carbons (Fsp3) is 0.300. The van der Waals surface area contributed by atoms with E-state index in [2.05, 4.69) is 27.1 Å². The summed E-state index contributed by atoms with van der Waals surface area (Å²) in [5, 5.41) is 2.10. The number of aliphatic imine (C=N–C) groups is 1. The summed E-state index contributed by atoms with van der Waals surface area (Å²) in [5.74, 6) is -1.32. The van der Waals surface area contributed by atoms with Gasteiger partial charge in [0.15, 0.2) is 18.2 Å². The van der Waals surface area contributed by atoms with Gasteiger partial charge in [0.05, 0.1) is 11.7 Å². The van der Waals surface area contributed by atoms with Crippen molar-refractivity contribution >= 4 is 17.4 Å². The minimum absolute atomic E-state index is 0.125. The third-order valence-corrected chi connectivity index (χ3v) is 1.84. The molecule has 0 aromatic heterocycles. The SMILES string of the molecule is Fc1cc(CN=C=S)ccc1OCC(F)(F)F. The molecule has 0 aliphatic rings. The maximum absolute atomic E-state index is 13.3. The van der Waals surface area contributed by atoms with E-state index in [4.69, 9.17) is 0 Å². The lowest BCUT2D eigenvalue weighted by molar-refractivity contribution is -0.153. The minimum atomic E-state index is -4.49. The van der Waals surface area contributed by atoms with Crippen molar-refractivity contribution in [1.82, 2.24) is 0 Å². The zero-order chi connectivity index (χ0) is 12.9. The fourth-order valence-electron chi connectivity index (χ4n) is 1.04. The predicted molar refractivity (Wildman–Crippen MR) is 56.7 cm³/mol. The van der Waals surface area contributed by atoms with Gasteiger partial charge in [0, 0.05) is 0 Å². The van der Waals surface area contributed by atoms with Crippen LogP contribution in [0.1, 0.15) is 5.56 Å². The highest BCUT2D eigenvalue weighted by atomic mass is 32.1. The molecule has 1 aromatic carbocycles. The Balaban J connectivity index is 2.72. The Bertz CT molecular complexity index is 440. The van der Waals surface area contributed by atoms with Crippen molar-refractivity contribution in [1.29, 1.82) is 0 Å². The Hall–Kier alpha value is -1.46. The summed E-state index contributed by atoms with van der Waals surface area (Å²) in [6, 6.07) is 3.57. The average Bonchev–Trinajstić information content (AvgIpc) is 2.23. The van der Waals surface area contributed by atoms with Crippen molar-refractivity contribution in [3.63, 3.8) is 0 Å². The molecule has 0 aliphatic carbocycles. The molecule has 0 saturated heterocycles. The first-order valence-corrected chi connectivity index (χ1v) is 4.85. The summed E-state index contributed by atoms with van der Waals surface area (Å²) in [6.07, 6.45) is -4.49. The molecule has 1 rings (SSSR count). The second kappa shape index (κ2) is 5.75. The number of benzene rings is 1. The van der Waals surface area contributed by atoms with Gasteiger partial charge in [0.1, 0.15) is 0 Å². The molecule has 0 unspecified atom stereocenters. The Morgan fingerprint density at radius 3 is 2.59 bits per heavy atom. The van der Waals surface area contributed by atoms with Gasteiger partial charge in [-0.2, -0.15) is 13.2 Å². The van der Waals surface area contributed by atoms with E-state index in [0.29, 0.717) is 5.56 Å². The van der Waals surface area contributed by atoms with E-state index < -0.39 is 24.3 Å². The predicted octanol–water partition coefficient (Wildman–Crippen LogP) is 3.37. The second-order valence-corrected chi connectivity index (χ2v) is 3.26. The molecule has 0 heterocycles. The molecule has 17 heavy (non-hydrogen) atoms. The number of rotatable bonds is 4. The first-order chi connectivity index (χ1) is 7.92. The van der Waals surface area contributed by atoms with Crippen molar-refractivity contribution in [3.8, 4) is 5.75 Å². The summed E-state index contributed by atoms with van der Waals surface area (Å²) in [7, 11) is 0. The van der Waals surface area contributed by atoms with Gasteiger partial charge < -0.3 is 4.74 Å². The van der Waals surface area contributed by atoms with Crippen LogP contribution in [-0.2, 0) is 6.54 Å². The smallest absolute Gasteiger partial charge is 0.422 e. The Labute approximate surface area is 99.9 Å². The van der Waals surface area contributed by atoms with Crippen molar-refractivity contribution in [2.75, 3.05) is 6.61 Å². The van der Waals surface area contributed by atoms with E-state index in [9.17, 15) is 17.6 Å². The fourth-order valence-corrected chi connectivity index (χ4v) is 1.11. The maximum atomic E-state index is 13.3. The van der Waals surface area contributed by atoms with Gasteiger partial charge in [0.2, 0.25) is 0 Å². The summed E-state index contributed by atoms with van der Waals surface area (Å²) in [5.41, 5.74) is 0.471. The van der Waals surface area contributed by atoms with Crippen LogP contribution in [0, 0.1) is 5.82 Å². The van der Waals surface area contributed by atoms with E-state index in [1.165, 1.54) is 6.07 Å².